The van der Waals surface area contributed by atoms with E-state index < -0.39 is 12.2 Å². The van der Waals surface area contributed by atoms with Crippen molar-refractivity contribution in [3.05, 3.63) is 89.4 Å². The molecule has 19 nitrogen and oxygen atoms in total. The molecular weight excluding hydrogens is 919 g/mol. The Bertz CT molecular complexity index is 2400. The van der Waals surface area contributed by atoms with Crippen molar-refractivity contribution in [2.75, 3.05) is 98.1 Å². The lowest BCUT2D eigenvalue weighted by molar-refractivity contribution is 0.0642. The Morgan fingerprint density at radius 1 is 0.722 bits per heavy atom. The molecule has 0 spiro atoms. The van der Waals surface area contributed by atoms with Crippen LogP contribution in [0.15, 0.2) is 67.0 Å². The second-order valence-electron chi connectivity index (χ2n) is 16.9. The first-order valence-corrected chi connectivity index (χ1v) is 24.8. The fourth-order valence-electron chi connectivity index (χ4n) is 7.17. The van der Waals surface area contributed by atoms with Crippen molar-refractivity contribution in [3.8, 4) is 51.6 Å². The van der Waals surface area contributed by atoms with Gasteiger partial charge in [-0.25, -0.2) is 19.9 Å². The Morgan fingerprint density at radius 2 is 1.22 bits per heavy atom. The van der Waals surface area contributed by atoms with Crippen molar-refractivity contribution < 1.29 is 38.7 Å². The lowest BCUT2D eigenvalue weighted by Crippen LogP contribution is -2.33. The molecule has 3 aliphatic rings. The molecular formula is C53H75N11O8. The zero-order valence-electron chi connectivity index (χ0n) is 42.8. The number of nitrogens with one attached hydrogen (secondary N) is 3. The van der Waals surface area contributed by atoms with Crippen molar-refractivity contribution in [2.24, 2.45) is 5.92 Å². The van der Waals surface area contributed by atoms with Crippen molar-refractivity contribution in [1.82, 2.24) is 40.9 Å². The molecule has 19 heteroatoms. The first-order valence-electron chi connectivity index (χ1n) is 24.8. The SMILES string of the molecule is C1CCOC1.C1CCOC1.CC.CNCC(O)COc1cccc(-c2nc(N)c(C)c(-c3cncc(C#N)c3)n2)c1.CNCC(O)COc1cccc(-c2nc(N)c(C)c(C(=O)NCC3CCOCC3)n2)c1. The summed E-state index contributed by atoms with van der Waals surface area (Å²) in [5.41, 5.74) is 16.9. The van der Waals surface area contributed by atoms with Crippen molar-refractivity contribution >= 4 is 17.5 Å². The van der Waals surface area contributed by atoms with Crippen LogP contribution in [0.5, 0.6) is 11.5 Å². The van der Waals surface area contributed by atoms with E-state index in [2.05, 4.69) is 46.9 Å². The highest BCUT2D eigenvalue weighted by molar-refractivity contribution is 5.95. The number of carbonyl (C=O) groups is 1. The molecule has 72 heavy (non-hydrogen) atoms. The lowest BCUT2D eigenvalue weighted by atomic mass is 10.0. The zero-order chi connectivity index (χ0) is 52.1. The monoisotopic (exact) mass is 994 g/mol. The number of hydrogen-bond donors (Lipinski definition) is 7. The summed E-state index contributed by atoms with van der Waals surface area (Å²) < 4.78 is 26.6. The number of hydrogen-bond acceptors (Lipinski definition) is 18. The molecule has 3 saturated heterocycles. The van der Waals surface area contributed by atoms with E-state index in [1.165, 1.54) is 31.9 Å². The number of pyridine rings is 1. The number of nitrogens with zero attached hydrogens (tertiary/aromatic N) is 6. The largest absolute Gasteiger partial charge is 0.491 e. The van der Waals surface area contributed by atoms with E-state index in [4.69, 9.17) is 40.4 Å². The maximum absolute atomic E-state index is 12.8. The number of rotatable bonds is 16. The van der Waals surface area contributed by atoms with Gasteiger partial charge in [-0.3, -0.25) is 9.78 Å². The van der Waals surface area contributed by atoms with E-state index >= 15 is 0 Å². The number of carbonyl (C=O) groups excluding carboxylic acids is 1. The molecule has 2 atom stereocenters. The third-order valence-electron chi connectivity index (χ3n) is 11.2. The van der Waals surface area contributed by atoms with Gasteiger partial charge in [0.15, 0.2) is 11.6 Å². The van der Waals surface area contributed by atoms with E-state index in [1.807, 2.05) is 39.0 Å². The Labute approximate surface area is 424 Å². The number of nitriles is 1. The topological polar surface area (TPSA) is 280 Å². The minimum absolute atomic E-state index is 0.154. The van der Waals surface area contributed by atoms with Gasteiger partial charge in [0.2, 0.25) is 0 Å². The Balaban J connectivity index is 0.000000253. The summed E-state index contributed by atoms with van der Waals surface area (Å²) in [4.78, 5) is 34.8. The molecule has 3 aliphatic heterocycles. The van der Waals surface area contributed by atoms with E-state index in [1.54, 1.807) is 63.6 Å². The van der Waals surface area contributed by atoms with Crippen LogP contribution in [-0.2, 0) is 14.2 Å². The third kappa shape index (κ3) is 19.7. The summed E-state index contributed by atoms with van der Waals surface area (Å²) in [6, 6.07) is 18.3. The quantitative estimate of drug-likeness (QED) is 0.0625. The second-order valence-corrected chi connectivity index (χ2v) is 16.9. The Hall–Kier alpha value is -6.37. The number of nitrogen functional groups attached to an aromatic ring is 2. The van der Waals surface area contributed by atoms with Crippen LogP contribution in [0, 0.1) is 31.1 Å². The van der Waals surface area contributed by atoms with Crippen LogP contribution in [0.1, 0.15) is 79.6 Å². The van der Waals surface area contributed by atoms with Crippen LogP contribution in [0.3, 0.4) is 0 Å². The van der Waals surface area contributed by atoms with Gasteiger partial charge in [0.1, 0.15) is 60.3 Å². The number of aliphatic hydroxyl groups excluding tert-OH is 2. The van der Waals surface area contributed by atoms with Crippen LogP contribution in [0.2, 0.25) is 0 Å². The van der Waals surface area contributed by atoms with Crippen LogP contribution in [-0.4, -0.2) is 140 Å². The number of amides is 1. The highest BCUT2D eigenvalue weighted by Crippen LogP contribution is 2.30. The molecule has 3 fully saturated rings. The second kappa shape index (κ2) is 32.6. The lowest BCUT2D eigenvalue weighted by Gasteiger charge is -2.22. The van der Waals surface area contributed by atoms with E-state index in [0.29, 0.717) is 88.0 Å². The smallest absolute Gasteiger partial charge is 0.270 e. The van der Waals surface area contributed by atoms with Crippen molar-refractivity contribution in [3.63, 3.8) is 0 Å². The van der Waals surface area contributed by atoms with Gasteiger partial charge in [-0.05, 0) is 103 Å². The minimum Gasteiger partial charge on any atom is -0.491 e. The fraction of sp³-hybridized carbons (Fsp3) is 0.491. The molecule has 0 bridgehead atoms. The summed E-state index contributed by atoms with van der Waals surface area (Å²) in [6.07, 6.45) is 8.89. The van der Waals surface area contributed by atoms with Gasteiger partial charge in [0.25, 0.3) is 5.91 Å². The van der Waals surface area contributed by atoms with Crippen LogP contribution in [0.4, 0.5) is 11.6 Å². The highest BCUT2D eigenvalue weighted by Gasteiger charge is 2.20. The Morgan fingerprint density at radius 3 is 1.71 bits per heavy atom. The van der Waals surface area contributed by atoms with Crippen LogP contribution >= 0.6 is 0 Å². The van der Waals surface area contributed by atoms with E-state index in [-0.39, 0.29) is 30.6 Å². The molecule has 0 radical (unpaired) electrons. The molecule has 0 saturated carbocycles. The standard InChI is InChI=1S/C22H31N5O4.C21H22N6O2.2C4H8O.C2H6/c1-14-19(22(29)25-11-15-6-8-30-9-7-15)26-21(27-20(14)23)16-4-3-5-18(10-16)31-13-17(28)12-24-2;1-13-19(16-6-14(8-22)9-25-10-16)26-21(27-20(13)23)15-4-3-5-18(7-15)29-12-17(28)11-24-2;2*1-2-4-5-3-1;1-2/h3-5,10,15,17,24,28H,6-9,11-13H2,1-2H3,(H,25,29)(H2,23,26,27);3-7,9-10,17,24,28H,11-12H2,1-2H3,(H2,23,26,27);2*1-4H2;1-2H3. The number of aromatic nitrogens is 5. The van der Waals surface area contributed by atoms with Crippen molar-refractivity contribution in [1.29, 1.82) is 5.26 Å². The summed E-state index contributed by atoms with van der Waals surface area (Å²) in [6.45, 7) is 14.8. The third-order valence-corrected chi connectivity index (χ3v) is 11.2. The predicted molar refractivity (Wildman–Crippen MR) is 279 cm³/mol. The molecule has 3 aromatic heterocycles. The number of aliphatic hydroxyl groups is 2. The maximum atomic E-state index is 12.8. The highest BCUT2D eigenvalue weighted by atomic mass is 16.5. The molecule has 6 heterocycles. The van der Waals surface area contributed by atoms with Gasteiger partial charge in [0.05, 0.1) is 11.3 Å². The minimum atomic E-state index is -0.619. The number of benzene rings is 2. The van der Waals surface area contributed by atoms with Crippen LogP contribution < -0.4 is 36.9 Å². The molecule has 2 unspecified atom stereocenters. The average molecular weight is 994 g/mol. The van der Waals surface area contributed by atoms with Gasteiger partial charge >= 0.3 is 0 Å². The predicted octanol–water partition coefficient (Wildman–Crippen LogP) is 5.70. The summed E-state index contributed by atoms with van der Waals surface area (Å²) in [7, 11) is 3.53. The first-order chi connectivity index (χ1) is 35.0. The molecule has 0 aliphatic carbocycles. The maximum Gasteiger partial charge on any atom is 0.270 e. The number of anilines is 2. The summed E-state index contributed by atoms with van der Waals surface area (Å²) in [5.74, 6) is 2.70. The first kappa shape index (κ1) is 58.2. The number of likely N-dealkylation sites (N-methyl/N-ethyl adjacent to an activating group) is 2. The molecule has 9 N–H and O–H groups in total. The summed E-state index contributed by atoms with van der Waals surface area (Å²) >= 11 is 0. The fourth-order valence-corrected chi connectivity index (χ4v) is 7.17. The molecule has 1 amide bonds. The Kier molecular flexibility index (Phi) is 26.3. The van der Waals surface area contributed by atoms with Gasteiger partial charge in [0, 0.05) is 99.5 Å². The van der Waals surface area contributed by atoms with Crippen molar-refractivity contribution in [2.45, 2.75) is 78.4 Å². The zero-order valence-corrected chi connectivity index (χ0v) is 42.8. The molecule has 2 aromatic carbocycles. The number of nitrogens with two attached hydrogens (primary N) is 2. The number of ether oxygens (including phenoxy) is 5. The normalized spacial score (nSPS) is 14.8. The average Bonchev–Trinajstić information content (AvgIpc) is 4.22. The molecule has 390 valence electrons. The van der Waals surface area contributed by atoms with Gasteiger partial charge in [-0.2, -0.15) is 5.26 Å². The molecule has 5 aromatic rings. The molecule has 8 rings (SSSR count). The van der Waals surface area contributed by atoms with Gasteiger partial charge < -0.3 is 61.3 Å². The van der Waals surface area contributed by atoms with Crippen LogP contribution in [0.25, 0.3) is 34.0 Å². The van der Waals surface area contributed by atoms with E-state index in [0.717, 1.165) is 58.0 Å². The van der Waals surface area contributed by atoms with Gasteiger partial charge in [-0.1, -0.05) is 38.1 Å². The summed E-state index contributed by atoms with van der Waals surface area (Å²) in [5, 5.41) is 37.5. The van der Waals surface area contributed by atoms with E-state index in [9.17, 15) is 15.0 Å². The van der Waals surface area contributed by atoms with Gasteiger partial charge in [-0.15, -0.1) is 0 Å².